The van der Waals surface area contributed by atoms with E-state index in [1.54, 1.807) is 6.26 Å². The van der Waals surface area contributed by atoms with E-state index < -0.39 is 0 Å². The van der Waals surface area contributed by atoms with Crippen LogP contribution in [0.2, 0.25) is 0 Å². The minimum atomic E-state index is 0.277. The van der Waals surface area contributed by atoms with Crippen molar-refractivity contribution in [3.8, 4) is 0 Å². The maximum Gasteiger partial charge on any atom is 0.0970 e. The third-order valence-electron chi connectivity index (χ3n) is 1.57. The second-order valence-corrected chi connectivity index (χ2v) is 3.08. The molecule has 0 aromatic rings. The van der Waals surface area contributed by atoms with Crippen molar-refractivity contribution < 1.29 is 9.47 Å². The van der Waals surface area contributed by atoms with Crippen molar-refractivity contribution in [1.29, 1.82) is 0 Å². The number of hydrogen-bond donors (Lipinski definition) is 0. The van der Waals surface area contributed by atoms with Crippen LogP contribution in [0.15, 0.2) is 12.3 Å². The summed E-state index contributed by atoms with van der Waals surface area (Å²) in [7, 11) is 0. The summed E-state index contributed by atoms with van der Waals surface area (Å²) in [4.78, 5) is 0. The van der Waals surface area contributed by atoms with Gasteiger partial charge in [-0.3, -0.25) is 0 Å². The van der Waals surface area contributed by atoms with Crippen LogP contribution in [0, 0.1) is 5.41 Å². The van der Waals surface area contributed by atoms with Crippen molar-refractivity contribution in [2.24, 2.45) is 5.41 Å². The highest BCUT2D eigenvalue weighted by atomic mass is 16.5. The van der Waals surface area contributed by atoms with Crippen molar-refractivity contribution in [1.82, 2.24) is 0 Å². The van der Waals surface area contributed by atoms with Gasteiger partial charge in [0.1, 0.15) is 0 Å². The lowest BCUT2D eigenvalue weighted by molar-refractivity contribution is -0.126. The summed E-state index contributed by atoms with van der Waals surface area (Å²) in [5, 5.41) is 0. The van der Waals surface area contributed by atoms with Crippen molar-refractivity contribution in [2.45, 2.75) is 13.8 Å². The van der Waals surface area contributed by atoms with Crippen LogP contribution in [0.4, 0.5) is 0 Å². The van der Waals surface area contributed by atoms with Gasteiger partial charge in [0.2, 0.25) is 0 Å². The first-order valence-corrected chi connectivity index (χ1v) is 3.57. The van der Waals surface area contributed by atoms with E-state index in [1.165, 1.54) is 0 Å². The van der Waals surface area contributed by atoms with Crippen LogP contribution in [-0.4, -0.2) is 19.8 Å². The lowest BCUT2D eigenvalue weighted by Gasteiger charge is -2.36. The van der Waals surface area contributed by atoms with Crippen LogP contribution in [-0.2, 0) is 9.47 Å². The van der Waals surface area contributed by atoms with Gasteiger partial charge in [-0.15, -0.1) is 0 Å². The Morgan fingerprint density at radius 3 is 2.70 bits per heavy atom. The number of ether oxygens (including phenoxy) is 2. The van der Waals surface area contributed by atoms with Gasteiger partial charge in [-0.1, -0.05) is 13.0 Å². The van der Waals surface area contributed by atoms with E-state index in [1.807, 2.05) is 13.0 Å². The molecule has 0 amide bonds. The Labute approximate surface area is 61.8 Å². The average Bonchev–Trinajstić information content (AvgIpc) is 1.85. The molecular formula is C8H14O2. The molecule has 0 aromatic heterocycles. The molecule has 0 saturated carbocycles. The standard InChI is InChI=1S/C8H14O2/c1-3-4-9-5-8(2)6-10-7-8/h3-4H,5-7H2,1-2H3/b4-3+. The molecule has 1 fully saturated rings. The zero-order valence-electron chi connectivity index (χ0n) is 6.59. The third kappa shape index (κ3) is 1.74. The fourth-order valence-corrected chi connectivity index (χ4v) is 0.879. The van der Waals surface area contributed by atoms with Gasteiger partial charge >= 0.3 is 0 Å². The molecule has 1 aliphatic heterocycles. The zero-order valence-corrected chi connectivity index (χ0v) is 6.59. The Kier molecular flexibility index (Phi) is 2.33. The Hall–Kier alpha value is -0.500. The van der Waals surface area contributed by atoms with Gasteiger partial charge < -0.3 is 9.47 Å². The summed E-state index contributed by atoms with van der Waals surface area (Å²) in [5.41, 5.74) is 0.277. The second-order valence-electron chi connectivity index (χ2n) is 3.08. The van der Waals surface area contributed by atoms with Gasteiger partial charge in [-0.25, -0.2) is 0 Å². The second kappa shape index (κ2) is 3.06. The summed E-state index contributed by atoms with van der Waals surface area (Å²) in [5.74, 6) is 0. The van der Waals surface area contributed by atoms with Crippen LogP contribution in [0.1, 0.15) is 13.8 Å². The monoisotopic (exact) mass is 142 g/mol. The highest BCUT2D eigenvalue weighted by Crippen LogP contribution is 2.26. The molecule has 0 N–H and O–H groups in total. The van der Waals surface area contributed by atoms with E-state index in [0.29, 0.717) is 0 Å². The fraction of sp³-hybridized carbons (Fsp3) is 0.750. The normalized spacial score (nSPS) is 22.6. The van der Waals surface area contributed by atoms with Gasteiger partial charge in [0.05, 0.1) is 26.1 Å². The first-order chi connectivity index (χ1) is 4.77. The molecule has 58 valence electrons. The molecule has 1 rings (SSSR count). The van der Waals surface area contributed by atoms with Crippen LogP contribution in [0.25, 0.3) is 0 Å². The van der Waals surface area contributed by atoms with E-state index in [4.69, 9.17) is 9.47 Å². The van der Waals surface area contributed by atoms with Crippen molar-refractivity contribution in [3.05, 3.63) is 12.3 Å². The summed E-state index contributed by atoms with van der Waals surface area (Å²) in [6, 6.07) is 0. The minimum absolute atomic E-state index is 0.277. The lowest BCUT2D eigenvalue weighted by Crippen LogP contribution is -2.43. The first kappa shape index (κ1) is 7.61. The molecule has 0 aliphatic carbocycles. The molecule has 1 heterocycles. The first-order valence-electron chi connectivity index (χ1n) is 3.57. The SMILES string of the molecule is C/C=C/OCC1(C)COC1. The van der Waals surface area contributed by atoms with Crippen LogP contribution in [0.3, 0.4) is 0 Å². The summed E-state index contributed by atoms with van der Waals surface area (Å²) in [6.07, 6.45) is 3.62. The van der Waals surface area contributed by atoms with Crippen LogP contribution >= 0.6 is 0 Å². The summed E-state index contributed by atoms with van der Waals surface area (Å²) in [6.45, 7) is 6.56. The molecule has 0 spiro atoms. The average molecular weight is 142 g/mol. The molecule has 10 heavy (non-hydrogen) atoms. The van der Waals surface area contributed by atoms with Crippen molar-refractivity contribution in [2.75, 3.05) is 19.8 Å². The highest BCUT2D eigenvalue weighted by molar-refractivity contribution is 4.81. The smallest absolute Gasteiger partial charge is 0.0970 e. The maximum atomic E-state index is 5.23. The predicted octanol–water partition coefficient (Wildman–Crippen LogP) is 1.57. The molecule has 0 bridgehead atoms. The lowest BCUT2D eigenvalue weighted by atomic mass is 9.90. The summed E-state index contributed by atoms with van der Waals surface area (Å²) < 4.78 is 10.3. The highest BCUT2D eigenvalue weighted by Gasteiger charge is 2.33. The molecule has 2 nitrogen and oxygen atoms in total. The predicted molar refractivity (Wildman–Crippen MR) is 39.7 cm³/mol. The Balaban J connectivity index is 2.12. The molecule has 0 unspecified atom stereocenters. The van der Waals surface area contributed by atoms with Gasteiger partial charge in [0, 0.05) is 5.41 Å². The van der Waals surface area contributed by atoms with Crippen molar-refractivity contribution in [3.63, 3.8) is 0 Å². The topological polar surface area (TPSA) is 18.5 Å². The largest absolute Gasteiger partial charge is 0.501 e. The molecule has 1 saturated heterocycles. The van der Waals surface area contributed by atoms with Crippen LogP contribution < -0.4 is 0 Å². The van der Waals surface area contributed by atoms with Gasteiger partial charge in [0.25, 0.3) is 0 Å². The number of hydrogen-bond acceptors (Lipinski definition) is 2. The van der Waals surface area contributed by atoms with Gasteiger partial charge in [-0.05, 0) is 6.92 Å². The Morgan fingerprint density at radius 1 is 1.60 bits per heavy atom. The van der Waals surface area contributed by atoms with Crippen LogP contribution in [0.5, 0.6) is 0 Å². The van der Waals surface area contributed by atoms with Gasteiger partial charge in [0.15, 0.2) is 0 Å². The molecule has 1 aliphatic rings. The van der Waals surface area contributed by atoms with Crippen molar-refractivity contribution >= 4 is 0 Å². The Bertz CT molecular complexity index is 125. The van der Waals surface area contributed by atoms with Gasteiger partial charge in [-0.2, -0.15) is 0 Å². The maximum absolute atomic E-state index is 5.23. The number of rotatable bonds is 3. The quantitative estimate of drug-likeness (QED) is 0.557. The molecular weight excluding hydrogens is 128 g/mol. The van der Waals surface area contributed by atoms with E-state index in [9.17, 15) is 0 Å². The fourth-order valence-electron chi connectivity index (χ4n) is 0.879. The third-order valence-corrected chi connectivity index (χ3v) is 1.57. The molecule has 0 atom stereocenters. The zero-order chi connectivity index (χ0) is 7.45. The van der Waals surface area contributed by atoms with E-state index in [2.05, 4.69) is 6.92 Å². The van der Waals surface area contributed by atoms with E-state index >= 15 is 0 Å². The Morgan fingerprint density at radius 2 is 2.30 bits per heavy atom. The molecule has 0 radical (unpaired) electrons. The minimum Gasteiger partial charge on any atom is -0.501 e. The molecule has 2 heteroatoms. The van der Waals surface area contributed by atoms with E-state index in [0.717, 1.165) is 19.8 Å². The molecule has 0 aromatic carbocycles. The summed E-state index contributed by atoms with van der Waals surface area (Å²) >= 11 is 0. The number of allylic oxidation sites excluding steroid dienone is 1. The van der Waals surface area contributed by atoms with E-state index in [-0.39, 0.29) is 5.41 Å².